The summed E-state index contributed by atoms with van der Waals surface area (Å²) in [6, 6.07) is 7.05. The summed E-state index contributed by atoms with van der Waals surface area (Å²) in [6.45, 7) is 5.01. The zero-order chi connectivity index (χ0) is 23.5. The van der Waals surface area contributed by atoms with Gasteiger partial charge in [-0.1, -0.05) is 24.1 Å². The predicted octanol–water partition coefficient (Wildman–Crippen LogP) is 0.0343. The molecule has 0 bridgehead atoms. The molecular weight excluding hydrogens is 424 g/mol. The van der Waals surface area contributed by atoms with E-state index < -0.39 is 17.2 Å². The Labute approximate surface area is 190 Å². The topological polar surface area (TPSA) is 103 Å². The third-order valence-electron chi connectivity index (χ3n) is 5.74. The van der Waals surface area contributed by atoms with Gasteiger partial charge in [-0.2, -0.15) is 4.98 Å². The molecule has 10 nitrogen and oxygen atoms in total. The highest BCUT2D eigenvalue weighted by Gasteiger charge is 2.25. The Morgan fingerprint density at radius 1 is 1.21 bits per heavy atom. The molecule has 1 aromatic carbocycles. The maximum atomic E-state index is 13.3. The number of carbonyl (C=O) groups excluding carboxylic acids is 1. The molecule has 0 unspecified atom stereocenters. The summed E-state index contributed by atoms with van der Waals surface area (Å²) in [5, 5.41) is 3.31. The highest BCUT2D eigenvalue weighted by Crippen LogP contribution is 2.23. The average molecular weight is 450 g/mol. The average Bonchev–Trinajstić information content (AvgIpc) is 3.22. The van der Waals surface area contributed by atoms with Gasteiger partial charge in [0.05, 0.1) is 25.8 Å². The van der Waals surface area contributed by atoms with Crippen molar-refractivity contribution in [3.63, 3.8) is 0 Å². The molecule has 2 aromatic heterocycles. The van der Waals surface area contributed by atoms with Gasteiger partial charge in [-0.05, 0) is 18.6 Å². The molecule has 1 saturated heterocycles. The number of piperazine rings is 1. The van der Waals surface area contributed by atoms with Gasteiger partial charge in [-0.25, -0.2) is 9.36 Å². The number of nitrogens with one attached hydrogen (secondary N) is 1. The summed E-state index contributed by atoms with van der Waals surface area (Å²) in [6.07, 6.45) is -0.0177. The molecule has 0 saturated carbocycles. The molecule has 0 aliphatic carbocycles. The van der Waals surface area contributed by atoms with Gasteiger partial charge in [0.15, 0.2) is 11.2 Å². The van der Waals surface area contributed by atoms with Gasteiger partial charge < -0.3 is 15.0 Å². The monoisotopic (exact) mass is 450 g/mol. The van der Waals surface area contributed by atoms with Crippen LogP contribution in [0, 0.1) is 11.8 Å². The van der Waals surface area contributed by atoms with Crippen LogP contribution in [0.1, 0.15) is 12.5 Å². The summed E-state index contributed by atoms with van der Waals surface area (Å²) in [4.78, 5) is 45.5. The SMILES string of the molecule is CC#CCn1c(N2CCNCC2)nc2c1c(=O)n(C)c(=O)n2-c1ccccc1CC(=O)OC. The standard InChI is InChI=1S/C23H26N6O4/c1-4-5-12-28-19-20(25-22(28)27-13-10-24-11-14-27)29(23(32)26(2)21(19)31)17-9-7-6-8-16(17)15-18(30)33-3/h6-9,24H,10-15H2,1-3H3. The van der Waals surface area contributed by atoms with E-state index in [1.807, 2.05) is 0 Å². The minimum atomic E-state index is -0.539. The predicted molar refractivity (Wildman–Crippen MR) is 125 cm³/mol. The quantitative estimate of drug-likeness (QED) is 0.432. The lowest BCUT2D eigenvalue weighted by Crippen LogP contribution is -2.44. The summed E-state index contributed by atoms with van der Waals surface area (Å²) >= 11 is 0. The Kier molecular flexibility index (Phi) is 6.33. The van der Waals surface area contributed by atoms with Crippen molar-refractivity contribution in [3.8, 4) is 17.5 Å². The van der Waals surface area contributed by atoms with Crippen LogP contribution in [0.5, 0.6) is 0 Å². The van der Waals surface area contributed by atoms with Crippen LogP contribution in [0.2, 0.25) is 0 Å². The van der Waals surface area contributed by atoms with Crippen molar-refractivity contribution in [1.82, 2.24) is 24.0 Å². The number of ether oxygens (including phenoxy) is 1. The van der Waals surface area contributed by atoms with E-state index in [1.54, 1.807) is 35.8 Å². The second-order valence-corrected chi connectivity index (χ2v) is 7.70. The normalized spacial score (nSPS) is 13.6. The fourth-order valence-corrected chi connectivity index (χ4v) is 4.02. The Bertz CT molecular complexity index is 1380. The van der Waals surface area contributed by atoms with Crippen molar-refractivity contribution >= 4 is 23.1 Å². The number of methoxy groups -OCH3 is 1. The van der Waals surface area contributed by atoms with Gasteiger partial charge in [0.25, 0.3) is 5.56 Å². The number of carbonyl (C=O) groups is 1. The number of hydrogen-bond acceptors (Lipinski definition) is 7. The molecule has 0 radical (unpaired) electrons. The number of para-hydroxylation sites is 1. The second kappa shape index (κ2) is 9.34. The number of anilines is 1. The van der Waals surface area contributed by atoms with E-state index in [0.29, 0.717) is 35.8 Å². The van der Waals surface area contributed by atoms with Crippen molar-refractivity contribution in [3.05, 3.63) is 50.7 Å². The van der Waals surface area contributed by atoms with Crippen LogP contribution >= 0.6 is 0 Å². The van der Waals surface area contributed by atoms with Gasteiger partial charge in [0.1, 0.15) is 0 Å². The minimum Gasteiger partial charge on any atom is -0.469 e. The summed E-state index contributed by atoms with van der Waals surface area (Å²) < 4.78 is 9.06. The van der Waals surface area contributed by atoms with Crippen LogP contribution in [0.3, 0.4) is 0 Å². The first-order chi connectivity index (χ1) is 16.0. The lowest BCUT2D eigenvalue weighted by Gasteiger charge is -2.28. The zero-order valence-electron chi connectivity index (χ0n) is 18.9. The maximum absolute atomic E-state index is 13.3. The van der Waals surface area contributed by atoms with Crippen molar-refractivity contribution in [2.24, 2.45) is 7.05 Å². The number of hydrogen-bond donors (Lipinski definition) is 1. The largest absolute Gasteiger partial charge is 0.469 e. The molecule has 0 spiro atoms. The molecule has 172 valence electrons. The van der Waals surface area contributed by atoms with Crippen LogP contribution in [-0.2, 0) is 29.5 Å². The van der Waals surface area contributed by atoms with Crippen molar-refractivity contribution in [2.45, 2.75) is 19.9 Å². The summed E-state index contributed by atoms with van der Waals surface area (Å²) in [5.74, 6) is 6.06. The van der Waals surface area contributed by atoms with Crippen LogP contribution in [-0.4, -0.2) is 57.9 Å². The van der Waals surface area contributed by atoms with Crippen LogP contribution in [0.4, 0.5) is 5.95 Å². The Hall–Kier alpha value is -3.84. The lowest BCUT2D eigenvalue weighted by molar-refractivity contribution is -0.139. The Morgan fingerprint density at radius 3 is 2.64 bits per heavy atom. The molecule has 1 fully saturated rings. The number of aromatic nitrogens is 4. The molecule has 0 atom stereocenters. The molecule has 33 heavy (non-hydrogen) atoms. The van der Waals surface area contributed by atoms with E-state index in [9.17, 15) is 14.4 Å². The number of fused-ring (bicyclic) bond motifs is 1. The molecular formula is C23H26N6O4. The van der Waals surface area contributed by atoms with E-state index in [-0.39, 0.29) is 18.6 Å². The van der Waals surface area contributed by atoms with Gasteiger partial charge in [-0.15, -0.1) is 5.92 Å². The first-order valence-electron chi connectivity index (χ1n) is 10.7. The van der Waals surface area contributed by atoms with Crippen LogP contribution < -0.4 is 21.5 Å². The maximum Gasteiger partial charge on any atom is 0.337 e. The highest BCUT2D eigenvalue weighted by molar-refractivity contribution is 5.78. The first kappa shape index (κ1) is 22.4. The first-order valence-corrected chi connectivity index (χ1v) is 10.7. The molecule has 1 N–H and O–H groups in total. The van der Waals surface area contributed by atoms with E-state index in [0.717, 1.165) is 17.7 Å². The van der Waals surface area contributed by atoms with Gasteiger partial charge >= 0.3 is 11.7 Å². The fraction of sp³-hybridized carbons (Fsp3) is 0.391. The molecule has 3 aromatic rings. The summed E-state index contributed by atoms with van der Waals surface area (Å²) in [5.41, 5.74) is 0.629. The van der Waals surface area contributed by atoms with Crippen molar-refractivity contribution in [1.29, 1.82) is 0 Å². The molecule has 1 aliphatic rings. The van der Waals surface area contributed by atoms with Crippen molar-refractivity contribution in [2.75, 3.05) is 38.2 Å². The molecule has 10 heteroatoms. The fourth-order valence-electron chi connectivity index (χ4n) is 4.02. The Morgan fingerprint density at radius 2 is 1.94 bits per heavy atom. The van der Waals surface area contributed by atoms with Crippen molar-refractivity contribution < 1.29 is 9.53 Å². The van der Waals surface area contributed by atoms with Crippen LogP contribution in [0.15, 0.2) is 33.9 Å². The van der Waals surface area contributed by atoms with E-state index in [2.05, 4.69) is 22.1 Å². The third kappa shape index (κ3) is 4.03. The number of esters is 1. The lowest BCUT2D eigenvalue weighted by atomic mass is 10.1. The van der Waals surface area contributed by atoms with E-state index in [1.165, 1.54) is 18.7 Å². The number of nitrogens with zero attached hydrogens (tertiary/aromatic N) is 5. The van der Waals surface area contributed by atoms with Crippen LogP contribution in [0.25, 0.3) is 16.9 Å². The van der Waals surface area contributed by atoms with Gasteiger partial charge in [-0.3, -0.25) is 18.7 Å². The molecule has 4 rings (SSSR count). The second-order valence-electron chi connectivity index (χ2n) is 7.70. The highest BCUT2D eigenvalue weighted by atomic mass is 16.5. The molecule has 3 heterocycles. The number of imidazole rings is 1. The molecule has 0 amide bonds. The zero-order valence-corrected chi connectivity index (χ0v) is 18.9. The Balaban J connectivity index is 2.05. The third-order valence-corrected chi connectivity index (χ3v) is 5.74. The number of benzene rings is 1. The van der Waals surface area contributed by atoms with E-state index >= 15 is 0 Å². The van der Waals surface area contributed by atoms with Gasteiger partial charge in [0, 0.05) is 33.2 Å². The molecule has 1 aliphatic heterocycles. The van der Waals surface area contributed by atoms with E-state index in [4.69, 9.17) is 9.72 Å². The van der Waals surface area contributed by atoms with Gasteiger partial charge in [0.2, 0.25) is 5.95 Å². The number of rotatable bonds is 5. The minimum absolute atomic E-state index is 0.0177. The summed E-state index contributed by atoms with van der Waals surface area (Å²) in [7, 11) is 2.76. The smallest absolute Gasteiger partial charge is 0.337 e.